The summed E-state index contributed by atoms with van der Waals surface area (Å²) >= 11 is 0. The van der Waals surface area contributed by atoms with Crippen molar-refractivity contribution in [3.05, 3.63) is 35.9 Å². The maximum Gasteiger partial charge on any atom is 0.407 e. The lowest BCUT2D eigenvalue weighted by Crippen LogP contribution is -2.53. The summed E-state index contributed by atoms with van der Waals surface area (Å²) < 4.78 is 15.9. The molecule has 0 spiro atoms. The molecule has 0 unspecified atom stereocenters. The van der Waals surface area contributed by atoms with Crippen LogP contribution in [-0.2, 0) is 25.5 Å². The van der Waals surface area contributed by atoms with Gasteiger partial charge in [0.1, 0.15) is 6.04 Å². The molecule has 7 nitrogen and oxygen atoms in total. The minimum Gasteiger partial charge on any atom is -0.453 e. The zero-order valence-electron chi connectivity index (χ0n) is 16.2. The first-order valence-electron chi connectivity index (χ1n) is 8.86. The SMILES string of the molecule is CCOC(OCC)[C@H](C)N(Cc1ccccc1)C(=O)[C@H](C)NC(=O)OC. The zero-order chi connectivity index (χ0) is 19.5. The van der Waals surface area contributed by atoms with Crippen LogP contribution in [-0.4, -0.2) is 55.6 Å². The van der Waals surface area contributed by atoms with Crippen molar-refractivity contribution in [2.45, 2.75) is 52.6 Å². The highest BCUT2D eigenvalue weighted by Gasteiger charge is 2.31. The van der Waals surface area contributed by atoms with Crippen LogP contribution in [0.5, 0.6) is 0 Å². The van der Waals surface area contributed by atoms with Crippen molar-refractivity contribution >= 4 is 12.0 Å². The molecule has 2 atom stereocenters. The molecule has 0 bridgehead atoms. The molecule has 0 fully saturated rings. The van der Waals surface area contributed by atoms with Crippen LogP contribution < -0.4 is 5.32 Å². The summed E-state index contributed by atoms with van der Waals surface area (Å²) in [5.74, 6) is -0.240. The van der Waals surface area contributed by atoms with E-state index in [0.717, 1.165) is 5.56 Å². The molecule has 0 aliphatic carbocycles. The van der Waals surface area contributed by atoms with E-state index in [1.807, 2.05) is 51.1 Å². The summed E-state index contributed by atoms with van der Waals surface area (Å²) in [6.45, 7) is 8.58. The standard InChI is InChI=1S/C19H30N2O5/c1-6-25-18(26-7-2)15(4)21(13-16-11-9-8-10-12-16)17(22)14(3)20-19(23)24-5/h8-12,14-15,18H,6-7,13H2,1-5H3,(H,20,23)/t14-,15-/m0/s1. The fraction of sp³-hybridized carbons (Fsp3) is 0.579. The van der Waals surface area contributed by atoms with Gasteiger partial charge in [-0.3, -0.25) is 4.79 Å². The molecule has 0 aliphatic heterocycles. The van der Waals surface area contributed by atoms with E-state index in [2.05, 4.69) is 10.1 Å². The maximum atomic E-state index is 13.0. The quantitative estimate of drug-likeness (QED) is 0.644. The van der Waals surface area contributed by atoms with Crippen molar-refractivity contribution in [3.63, 3.8) is 0 Å². The van der Waals surface area contributed by atoms with E-state index in [1.165, 1.54) is 7.11 Å². The molecule has 146 valence electrons. The van der Waals surface area contributed by atoms with Gasteiger partial charge in [0, 0.05) is 19.8 Å². The van der Waals surface area contributed by atoms with E-state index in [4.69, 9.17) is 9.47 Å². The van der Waals surface area contributed by atoms with Crippen molar-refractivity contribution in [2.24, 2.45) is 0 Å². The van der Waals surface area contributed by atoms with E-state index in [1.54, 1.807) is 11.8 Å². The molecule has 0 aromatic heterocycles. The van der Waals surface area contributed by atoms with Crippen LogP contribution in [0, 0.1) is 0 Å². The Kier molecular flexibility index (Phi) is 9.69. The molecule has 1 N–H and O–H groups in total. The second-order valence-electron chi connectivity index (χ2n) is 5.83. The number of carbonyl (C=O) groups excluding carboxylic acids is 2. The summed E-state index contributed by atoms with van der Waals surface area (Å²) in [6, 6.07) is 8.57. The largest absolute Gasteiger partial charge is 0.453 e. The summed E-state index contributed by atoms with van der Waals surface area (Å²) in [6.07, 6.45) is -1.20. The first kappa shape index (κ1) is 21.9. The zero-order valence-corrected chi connectivity index (χ0v) is 16.2. The highest BCUT2D eigenvalue weighted by atomic mass is 16.7. The average Bonchev–Trinajstić information content (AvgIpc) is 2.65. The minimum absolute atomic E-state index is 0.240. The minimum atomic E-state index is -0.738. The van der Waals surface area contributed by atoms with Gasteiger partial charge in [0.25, 0.3) is 0 Å². The topological polar surface area (TPSA) is 77.1 Å². The lowest BCUT2D eigenvalue weighted by Gasteiger charge is -2.35. The summed E-state index contributed by atoms with van der Waals surface area (Å²) in [7, 11) is 1.26. The highest BCUT2D eigenvalue weighted by molar-refractivity contribution is 5.85. The number of methoxy groups -OCH3 is 1. The Morgan fingerprint density at radius 1 is 1.08 bits per heavy atom. The van der Waals surface area contributed by atoms with Crippen LogP contribution in [0.4, 0.5) is 4.79 Å². The number of amides is 2. The molecule has 7 heteroatoms. The lowest BCUT2D eigenvalue weighted by molar-refractivity contribution is -0.179. The Morgan fingerprint density at radius 3 is 2.15 bits per heavy atom. The number of carbonyl (C=O) groups is 2. The Morgan fingerprint density at radius 2 is 1.65 bits per heavy atom. The van der Waals surface area contributed by atoms with E-state index in [-0.39, 0.29) is 11.9 Å². The van der Waals surface area contributed by atoms with Gasteiger partial charge in [0.05, 0.1) is 13.2 Å². The monoisotopic (exact) mass is 366 g/mol. The van der Waals surface area contributed by atoms with Crippen LogP contribution >= 0.6 is 0 Å². The Hall–Kier alpha value is -2.12. The van der Waals surface area contributed by atoms with E-state index in [9.17, 15) is 9.59 Å². The predicted octanol–water partition coefficient (Wildman–Crippen LogP) is 2.55. The number of benzene rings is 1. The average molecular weight is 366 g/mol. The molecule has 0 radical (unpaired) electrons. The Bertz CT molecular complexity index is 546. The molecule has 0 saturated carbocycles. The van der Waals surface area contributed by atoms with Gasteiger partial charge in [-0.25, -0.2) is 4.79 Å². The predicted molar refractivity (Wildman–Crippen MR) is 98.5 cm³/mol. The smallest absolute Gasteiger partial charge is 0.407 e. The van der Waals surface area contributed by atoms with E-state index < -0.39 is 18.4 Å². The molecule has 0 aliphatic rings. The maximum absolute atomic E-state index is 13.0. The van der Waals surface area contributed by atoms with Gasteiger partial charge in [-0.05, 0) is 33.3 Å². The van der Waals surface area contributed by atoms with Gasteiger partial charge < -0.3 is 24.4 Å². The van der Waals surface area contributed by atoms with Gasteiger partial charge >= 0.3 is 6.09 Å². The number of hydrogen-bond acceptors (Lipinski definition) is 5. The molecule has 1 rings (SSSR count). The number of hydrogen-bond donors (Lipinski definition) is 1. The summed E-state index contributed by atoms with van der Waals surface area (Å²) in [5.41, 5.74) is 0.977. The molecule has 2 amide bonds. The van der Waals surface area contributed by atoms with Gasteiger partial charge in [0.15, 0.2) is 6.29 Å². The second-order valence-corrected chi connectivity index (χ2v) is 5.83. The molecule has 1 aromatic carbocycles. The molecular weight excluding hydrogens is 336 g/mol. The van der Waals surface area contributed by atoms with Crippen LogP contribution in [0.2, 0.25) is 0 Å². The van der Waals surface area contributed by atoms with Gasteiger partial charge in [-0.15, -0.1) is 0 Å². The van der Waals surface area contributed by atoms with Crippen molar-refractivity contribution in [1.29, 1.82) is 0 Å². The summed E-state index contributed by atoms with van der Waals surface area (Å²) in [5, 5.41) is 2.52. The van der Waals surface area contributed by atoms with Crippen LogP contribution in [0.3, 0.4) is 0 Å². The van der Waals surface area contributed by atoms with Gasteiger partial charge in [0.2, 0.25) is 5.91 Å². The molecular formula is C19H30N2O5. The van der Waals surface area contributed by atoms with Crippen LogP contribution in [0.25, 0.3) is 0 Å². The van der Waals surface area contributed by atoms with E-state index >= 15 is 0 Å². The number of nitrogens with zero attached hydrogens (tertiary/aromatic N) is 1. The van der Waals surface area contributed by atoms with E-state index in [0.29, 0.717) is 19.8 Å². The van der Waals surface area contributed by atoms with Crippen molar-refractivity contribution in [2.75, 3.05) is 20.3 Å². The van der Waals surface area contributed by atoms with Gasteiger partial charge in [-0.1, -0.05) is 30.3 Å². The van der Waals surface area contributed by atoms with Crippen LogP contribution in [0.15, 0.2) is 30.3 Å². The fourth-order valence-electron chi connectivity index (χ4n) is 2.55. The fourth-order valence-corrected chi connectivity index (χ4v) is 2.55. The molecule has 26 heavy (non-hydrogen) atoms. The van der Waals surface area contributed by atoms with Crippen molar-refractivity contribution in [1.82, 2.24) is 10.2 Å². The number of rotatable bonds is 10. The highest BCUT2D eigenvalue weighted by Crippen LogP contribution is 2.16. The number of ether oxygens (including phenoxy) is 3. The second kappa shape index (κ2) is 11.5. The van der Waals surface area contributed by atoms with Crippen molar-refractivity contribution in [3.8, 4) is 0 Å². The van der Waals surface area contributed by atoms with Gasteiger partial charge in [-0.2, -0.15) is 0 Å². The molecule has 0 saturated heterocycles. The first-order valence-corrected chi connectivity index (χ1v) is 8.86. The third-order valence-corrected chi connectivity index (χ3v) is 3.92. The number of alkyl carbamates (subject to hydrolysis) is 1. The summed E-state index contributed by atoms with van der Waals surface area (Å²) in [4.78, 5) is 26.1. The lowest BCUT2D eigenvalue weighted by atomic mass is 10.1. The Labute approximate surface area is 155 Å². The first-order chi connectivity index (χ1) is 12.4. The third kappa shape index (κ3) is 6.65. The molecule has 1 aromatic rings. The normalized spacial score (nSPS) is 13.2. The Balaban J connectivity index is 3.03. The van der Waals surface area contributed by atoms with Crippen molar-refractivity contribution < 1.29 is 23.8 Å². The number of nitrogens with one attached hydrogen (secondary N) is 1. The molecule has 0 heterocycles. The van der Waals surface area contributed by atoms with Crippen LogP contribution in [0.1, 0.15) is 33.3 Å². The third-order valence-electron chi connectivity index (χ3n) is 3.92.